The molecule has 0 amide bonds. The van der Waals surface area contributed by atoms with Crippen LogP contribution in [0.15, 0.2) is 59.3 Å². The van der Waals surface area contributed by atoms with Gasteiger partial charge in [-0.05, 0) is 45.8 Å². The number of aliphatic hydroxyl groups excluding tert-OH is 1. The predicted molar refractivity (Wildman–Crippen MR) is 127 cm³/mol. The number of para-hydroxylation sites is 1. The second-order valence-corrected chi connectivity index (χ2v) is 8.44. The molecule has 2 aromatic carbocycles. The van der Waals surface area contributed by atoms with Crippen molar-refractivity contribution in [1.29, 1.82) is 0 Å². The molecule has 2 aromatic heterocycles. The number of halogens is 1. The van der Waals surface area contributed by atoms with Gasteiger partial charge < -0.3 is 15.7 Å². The molecule has 0 unspecified atom stereocenters. The van der Waals surface area contributed by atoms with E-state index >= 15 is 0 Å². The van der Waals surface area contributed by atoms with Crippen LogP contribution in [-0.2, 0) is 24.0 Å². The van der Waals surface area contributed by atoms with Crippen molar-refractivity contribution in [3.8, 4) is 0 Å². The van der Waals surface area contributed by atoms with Gasteiger partial charge in [-0.15, -0.1) is 0 Å². The van der Waals surface area contributed by atoms with E-state index in [9.17, 15) is 13.5 Å². The molecule has 0 aliphatic rings. The summed E-state index contributed by atoms with van der Waals surface area (Å²) in [6, 6.07) is 13.1. The topological polar surface area (TPSA) is 134 Å². The molecule has 0 bridgehead atoms. The maximum absolute atomic E-state index is 10.9. The molecule has 0 aliphatic carbocycles. The molecule has 0 aliphatic heterocycles. The highest BCUT2D eigenvalue weighted by Gasteiger charge is 2.10. The van der Waals surface area contributed by atoms with Crippen molar-refractivity contribution in [3.63, 3.8) is 0 Å². The highest BCUT2D eigenvalue weighted by molar-refractivity contribution is 9.10. The molecule has 0 atom stereocenters. The molecule has 32 heavy (non-hydrogen) atoms. The van der Waals surface area contributed by atoms with Crippen molar-refractivity contribution in [1.82, 2.24) is 24.5 Å². The maximum atomic E-state index is 10.9. The first-order valence-electron chi connectivity index (χ1n) is 9.62. The van der Waals surface area contributed by atoms with Crippen LogP contribution in [0.5, 0.6) is 0 Å². The number of aromatic nitrogens is 4. The van der Waals surface area contributed by atoms with Gasteiger partial charge in [0.25, 0.3) is 0 Å². The monoisotopic (exact) mass is 517 g/mol. The molecule has 4 N–H and O–H groups in total. The summed E-state index contributed by atoms with van der Waals surface area (Å²) < 4.78 is 26.6. The second-order valence-electron chi connectivity index (χ2n) is 6.75. The molecule has 12 heteroatoms. The highest BCUT2D eigenvalue weighted by atomic mass is 79.9. The molecular weight excluding hydrogens is 498 g/mol. The highest BCUT2D eigenvalue weighted by Crippen LogP contribution is 2.28. The lowest BCUT2D eigenvalue weighted by Crippen LogP contribution is -2.12. The average molecular weight is 518 g/mol. The number of nitrogens with zero attached hydrogens (tertiary/aromatic N) is 4. The number of fused-ring (bicyclic) bond motifs is 1. The zero-order chi connectivity index (χ0) is 22.5. The predicted octanol–water partition coefficient (Wildman–Crippen LogP) is 2.68. The van der Waals surface area contributed by atoms with Gasteiger partial charge in [-0.2, -0.15) is 10.1 Å². The van der Waals surface area contributed by atoms with E-state index in [1.807, 2.05) is 42.5 Å². The van der Waals surface area contributed by atoms with Crippen LogP contribution in [0.3, 0.4) is 0 Å². The zero-order valence-corrected chi connectivity index (χ0v) is 19.2. The Labute approximate surface area is 193 Å². The fourth-order valence-electron chi connectivity index (χ4n) is 3.14. The molecule has 0 radical (unpaired) electrons. The van der Waals surface area contributed by atoms with Crippen molar-refractivity contribution in [2.75, 3.05) is 17.2 Å². The number of rotatable bonds is 9. The van der Waals surface area contributed by atoms with E-state index < -0.39 is 10.9 Å². The third-order valence-electron chi connectivity index (χ3n) is 4.63. The summed E-state index contributed by atoms with van der Waals surface area (Å²) in [5.41, 5.74) is 3.15. The van der Waals surface area contributed by atoms with E-state index in [0.717, 1.165) is 27.8 Å². The standard InChI is InChI=1S/C20H20BrN7O3S/c21-16-12-22-20(25-15-6-5-14-10-23-28(7-8-29)18(14)9-15)27-19(16)26-17-4-2-1-3-13(17)11-24-32(30)31/h1-6,9-10,12,29,32H,7-8,11H2,(H,24,30,31)(H2,22,25,26,27). The van der Waals surface area contributed by atoms with Crippen LogP contribution in [0, 0.1) is 0 Å². The van der Waals surface area contributed by atoms with E-state index in [-0.39, 0.29) is 13.2 Å². The summed E-state index contributed by atoms with van der Waals surface area (Å²) in [6.45, 7) is 0.573. The minimum atomic E-state index is -2.69. The van der Waals surface area contributed by atoms with Crippen molar-refractivity contribution in [2.45, 2.75) is 13.1 Å². The van der Waals surface area contributed by atoms with Gasteiger partial charge in [-0.3, -0.25) is 4.68 Å². The molecular formula is C20H20BrN7O3S. The molecule has 0 fully saturated rings. The summed E-state index contributed by atoms with van der Waals surface area (Å²) in [5.74, 6) is 0.898. The Hall–Kier alpha value is -3.06. The van der Waals surface area contributed by atoms with E-state index in [2.05, 4.69) is 46.4 Å². The Balaban J connectivity index is 1.57. The SMILES string of the molecule is O=[SH](=O)NCc1ccccc1Nc1nc(Nc2ccc3cnn(CCO)c3c2)ncc1Br. The summed E-state index contributed by atoms with van der Waals surface area (Å²) >= 11 is 3.45. The van der Waals surface area contributed by atoms with Crippen LogP contribution in [0.25, 0.3) is 10.9 Å². The van der Waals surface area contributed by atoms with E-state index in [4.69, 9.17) is 0 Å². The molecule has 166 valence electrons. The molecule has 0 saturated carbocycles. The van der Waals surface area contributed by atoms with Crippen LogP contribution in [0.2, 0.25) is 0 Å². The number of nitrogens with one attached hydrogen (secondary N) is 3. The number of benzene rings is 2. The second kappa shape index (κ2) is 10.0. The minimum Gasteiger partial charge on any atom is -0.394 e. The van der Waals surface area contributed by atoms with Crippen molar-refractivity contribution in [3.05, 3.63) is 64.9 Å². The van der Waals surface area contributed by atoms with E-state index in [1.54, 1.807) is 17.1 Å². The quantitative estimate of drug-likeness (QED) is 0.214. The summed E-state index contributed by atoms with van der Waals surface area (Å²) in [4.78, 5) is 8.86. The largest absolute Gasteiger partial charge is 0.394 e. The van der Waals surface area contributed by atoms with Gasteiger partial charge in [0, 0.05) is 29.5 Å². The average Bonchev–Trinajstić information content (AvgIpc) is 3.18. The first-order chi connectivity index (χ1) is 15.5. The maximum Gasteiger partial charge on any atom is 0.229 e. The zero-order valence-electron chi connectivity index (χ0n) is 16.7. The summed E-state index contributed by atoms with van der Waals surface area (Å²) in [7, 11) is -2.69. The molecule has 2 heterocycles. The first kappa shape index (κ1) is 22.1. The third kappa shape index (κ3) is 5.22. The van der Waals surface area contributed by atoms with Gasteiger partial charge in [0.05, 0.1) is 29.3 Å². The van der Waals surface area contributed by atoms with Crippen LogP contribution < -0.4 is 15.4 Å². The van der Waals surface area contributed by atoms with Crippen LogP contribution in [0.1, 0.15) is 5.56 Å². The van der Waals surface area contributed by atoms with Crippen LogP contribution in [-0.4, -0.2) is 39.9 Å². The van der Waals surface area contributed by atoms with Crippen molar-refractivity contribution in [2.24, 2.45) is 0 Å². The fraction of sp³-hybridized carbons (Fsp3) is 0.150. The number of thiol groups is 1. The number of aliphatic hydroxyl groups is 1. The fourth-order valence-corrected chi connectivity index (χ4v) is 3.73. The smallest absolute Gasteiger partial charge is 0.229 e. The van der Waals surface area contributed by atoms with Gasteiger partial charge in [-0.1, -0.05) is 18.2 Å². The number of hydrogen-bond donors (Lipinski definition) is 5. The van der Waals surface area contributed by atoms with E-state index in [1.165, 1.54) is 0 Å². The van der Waals surface area contributed by atoms with Crippen LogP contribution >= 0.6 is 15.9 Å². The normalized spacial score (nSPS) is 11.2. The molecule has 10 nitrogen and oxygen atoms in total. The van der Waals surface area contributed by atoms with E-state index in [0.29, 0.717) is 22.8 Å². The Kier molecular flexibility index (Phi) is 6.95. The minimum absolute atomic E-state index is 0.00158. The molecule has 4 aromatic rings. The molecule has 0 spiro atoms. The van der Waals surface area contributed by atoms with Crippen molar-refractivity contribution >= 4 is 60.9 Å². The number of anilines is 4. The Morgan fingerprint density at radius 2 is 1.94 bits per heavy atom. The van der Waals surface area contributed by atoms with Gasteiger partial charge in [0.1, 0.15) is 5.82 Å². The number of hydrogen-bond acceptors (Lipinski definition) is 8. The lowest BCUT2D eigenvalue weighted by atomic mass is 10.2. The lowest BCUT2D eigenvalue weighted by Gasteiger charge is -2.13. The van der Waals surface area contributed by atoms with Gasteiger partial charge >= 0.3 is 0 Å². The Bertz CT molecular complexity index is 1320. The summed E-state index contributed by atoms with van der Waals surface area (Å²) in [5, 5.41) is 20.9. The van der Waals surface area contributed by atoms with Crippen LogP contribution in [0.4, 0.5) is 23.1 Å². The first-order valence-corrected chi connectivity index (χ1v) is 11.6. The Morgan fingerprint density at radius 1 is 1.09 bits per heavy atom. The van der Waals surface area contributed by atoms with Crippen molar-refractivity contribution < 1.29 is 13.5 Å². The van der Waals surface area contributed by atoms with Gasteiger partial charge in [0.15, 0.2) is 0 Å². The van der Waals surface area contributed by atoms with Gasteiger partial charge in [-0.25, -0.2) is 18.1 Å². The molecule has 0 saturated heterocycles. The third-order valence-corrected chi connectivity index (χ3v) is 5.62. The Morgan fingerprint density at radius 3 is 2.75 bits per heavy atom. The van der Waals surface area contributed by atoms with Gasteiger partial charge in [0.2, 0.25) is 16.8 Å². The summed E-state index contributed by atoms with van der Waals surface area (Å²) in [6.07, 6.45) is 3.38. The molecule has 4 rings (SSSR count). The lowest BCUT2D eigenvalue weighted by molar-refractivity contribution is 0.271.